The van der Waals surface area contributed by atoms with E-state index in [-0.39, 0.29) is 6.10 Å². The predicted molar refractivity (Wildman–Crippen MR) is 130 cm³/mol. The number of aromatic amines is 1. The maximum atomic E-state index is 6.56. The van der Waals surface area contributed by atoms with Gasteiger partial charge in [0, 0.05) is 49.4 Å². The topological polar surface area (TPSA) is 127 Å². The quantitative estimate of drug-likeness (QED) is 0.431. The Hall–Kier alpha value is -3.86. The molecule has 4 aromatic rings. The molecule has 5 heterocycles. The molecule has 2 aliphatic rings. The molecule has 0 amide bonds. The largest absolute Gasteiger partial charge is 0.474 e. The Morgan fingerprint density at radius 2 is 1.86 bits per heavy atom. The maximum Gasteiger partial charge on any atom is 0.225 e. The number of hydrogen-bond acceptors (Lipinski definition) is 10. The molecule has 0 aromatic carbocycles. The lowest BCUT2D eigenvalue weighted by Crippen LogP contribution is -2.37. The molecule has 0 bridgehead atoms. The highest BCUT2D eigenvalue weighted by atomic mass is 16.5. The van der Waals surface area contributed by atoms with Gasteiger partial charge in [-0.05, 0) is 37.8 Å². The highest BCUT2D eigenvalue weighted by molar-refractivity contribution is 5.88. The molecule has 180 valence electrons. The van der Waals surface area contributed by atoms with Crippen LogP contribution in [0.15, 0.2) is 43.1 Å². The molecule has 11 heteroatoms. The van der Waals surface area contributed by atoms with Crippen molar-refractivity contribution < 1.29 is 9.47 Å². The van der Waals surface area contributed by atoms with Gasteiger partial charge in [0.15, 0.2) is 5.82 Å². The molecule has 0 unspecified atom stereocenters. The van der Waals surface area contributed by atoms with Gasteiger partial charge >= 0.3 is 0 Å². The van der Waals surface area contributed by atoms with Crippen LogP contribution in [0.1, 0.15) is 25.7 Å². The van der Waals surface area contributed by atoms with Gasteiger partial charge in [0.2, 0.25) is 11.8 Å². The van der Waals surface area contributed by atoms with Gasteiger partial charge in [-0.25, -0.2) is 9.97 Å². The van der Waals surface area contributed by atoms with E-state index in [1.807, 2.05) is 18.2 Å². The third-order valence-electron chi connectivity index (χ3n) is 6.51. The fourth-order valence-corrected chi connectivity index (χ4v) is 4.64. The average molecular weight is 474 g/mol. The fourth-order valence-electron chi connectivity index (χ4n) is 4.64. The van der Waals surface area contributed by atoms with E-state index in [2.05, 4.69) is 35.4 Å². The SMILES string of the molecule is c1cnc(N[C@H]2CC[C@@H](Oc3nc(N4CCOCC4)cc4ncc(-c5nnc[nH]5)cc34)CC2)nc1. The van der Waals surface area contributed by atoms with E-state index in [1.54, 1.807) is 24.9 Å². The number of fused-ring (bicyclic) bond motifs is 1. The monoisotopic (exact) mass is 473 g/mol. The first-order valence-electron chi connectivity index (χ1n) is 12.0. The molecule has 1 saturated heterocycles. The summed E-state index contributed by atoms with van der Waals surface area (Å²) in [5.41, 5.74) is 1.69. The van der Waals surface area contributed by atoms with E-state index in [0.29, 0.717) is 36.9 Å². The van der Waals surface area contributed by atoms with Gasteiger partial charge in [0.1, 0.15) is 18.2 Å². The lowest BCUT2D eigenvalue weighted by Gasteiger charge is -2.31. The normalized spacial score (nSPS) is 20.6. The third-order valence-corrected chi connectivity index (χ3v) is 6.51. The Labute approximate surface area is 202 Å². The van der Waals surface area contributed by atoms with Crippen LogP contribution in [0.4, 0.5) is 11.8 Å². The smallest absolute Gasteiger partial charge is 0.225 e. The molecule has 1 aliphatic heterocycles. The van der Waals surface area contributed by atoms with Gasteiger partial charge in [0.25, 0.3) is 0 Å². The van der Waals surface area contributed by atoms with Crippen molar-refractivity contribution in [1.82, 2.24) is 35.1 Å². The Balaban J connectivity index is 1.24. The summed E-state index contributed by atoms with van der Waals surface area (Å²) in [6.07, 6.45) is 10.7. The second-order valence-corrected chi connectivity index (χ2v) is 8.82. The average Bonchev–Trinajstić information content (AvgIpc) is 3.46. The van der Waals surface area contributed by atoms with Crippen molar-refractivity contribution in [3.8, 4) is 17.3 Å². The molecule has 1 aliphatic carbocycles. The molecule has 4 aromatic heterocycles. The summed E-state index contributed by atoms with van der Waals surface area (Å²) in [5, 5.41) is 12.3. The summed E-state index contributed by atoms with van der Waals surface area (Å²) in [4.78, 5) is 23.5. The fraction of sp³-hybridized carbons (Fsp3) is 0.417. The van der Waals surface area contributed by atoms with Crippen molar-refractivity contribution in [2.24, 2.45) is 0 Å². The number of nitrogens with one attached hydrogen (secondary N) is 2. The Morgan fingerprint density at radius 3 is 2.63 bits per heavy atom. The molecule has 0 atom stereocenters. The maximum absolute atomic E-state index is 6.56. The number of pyridine rings is 2. The van der Waals surface area contributed by atoms with Crippen LogP contribution in [0, 0.1) is 0 Å². The second kappa shape index (κ2) is 9.79. The van der Waals surface area contributed by atoms with Crippen molar-refractivity contribution in [3.63, 3.8) is 0 Å². The summed E-state index contributed by atoms with van der Waals surface area (Å²) in [6, 6.07) is 6.20. The van der Waals surface area contributed by atoms with Crippen molar-refractivity contribution in [1.29, 1.82) is 0 Å². The zero-order chi connectivity index (χ0) is 23.5. The van der Waals surface area contributed by atoms with Gasteiger partial charge in [-0.1, -0.05) is 0 Å². The van der Waals surface area contributed by atoms with Crippen LogP contribution in [0.5, 0.6) is 5.88 Å². The summed E-state index contributed by atoms with van der Waals surface area (Å²) < 4.78 is 12.1. The van der Waals surface area contributed by atoms with Crippen LogP contribution in [0.3, 0.4) is 0 Å². The second-order valence-electron chi connectivity index (χ2n) is 8.82. The van der Waals surface area contributed by atoms with Gasteiger partial charge in [0.05, 0.1) is 24.1 Å². The number of hydrogen-bond donors (Lipinski definition) is 2. The standard InChI is InChI=1S/C24H27N9O2/c1-6-25-24(26-7-1)30-17-2-4-18(5-3-17)35-23-19-12-16(22-28-15-29-32-22)14-27-20(19)13-21(31-23)33-8-10-34-11-9-33/h1,6-7,12-15,17-18H,2-5,8-11H2,(H,25,26,30)(H,28,29,32)/t17-,18+. The zero-order valence-corrected chi connectivity index (χ0v) is 19.3. The van der Waals surface area contributed by atoms with Crippen molar-refractivity contribution in [2.45, 2.75) is 37.8 Å². The van der Waals surface area contributed by atoms with E-state index >= 15 is 0 Å². The number of ether oxygens (including phenoxy) is 2. The Kier molecular flexibility index (Phi) is 6.06. The predicted octanol–water partition coefficient (Wildman–Crippen LogP) is 2.84. The third kappa shape index (κ3) is 4.85. The van der Waals surface area contributed by atoms with E-state index in [9.17, 15) is 0 Å². The molecule has 6 rings (SSSR count). The first kappa shape index (κ1) is 21.7. The Bertz CT molecular complexity index is 1250. The molecule has 2 fully saturated rings. The molecule has 35 heavy (non-hydrogen) atoms. The minimum Gasteiger partial charge on any atom is -0.474 e. The Morgan fingerprint density at radius 1 is 1.03 bits per heavy atom. The number of aromatic nitrogens is 7. The van der Waals surface area contributed by atoms with Gasteiger partial charge in [-0.2, -0.15) is 4.98 Å². The first-order chi connectivity index (χ1) is 17.3. The number of nitrogens with zero attached hydrogens (tertiary/aromatic N) is 7. The molecular formula is C24H27N9O2. The van der Waals surface area contributed by atoms with Crippen LogP contribution in [0.2, 0.25) is 0 Å². The molecule has 11 nitrogen and oxygen atoms in total. The number of anilines is 2. The summed E-state index contributed by atoms with van der Waals surface area (Å²) >= 11 is 0. The van der Waals surface area contributed by atoms with Crippen LogP contribution in [-0.2, 0) is 4.74 Å². The summed E-state index contributed by atoms with van der Waals surface area (Å²) in [7, 11) is 0. The lowest BCUT2D eigenvalue weighted by atomic mass is 9.93. The van der Waals surface area contributed by atoms with Crippen LogP contribution in [-0.4, -0.2) is 73.6 Å². The zero-order valence-electron chi connectivity index (χ0n) is 19.3. The molecule has 0 spiro atoms. The minimum absolute atomic E-state index is 0.0781. The molecule has 2 N–H and O–H groups in total. The van der Waals surface area contributed by atoms with E-state index < -0.39 is 0 Å². The highest BCUT2D eigenvalue weighted by Crippen LogP contribution is 2.33. The summed E-state index contributed by atoms with van der Waals surface area (Å²) in [5.74, 6) is 2.82. The van der Waals surface area contributed by atoms with Crippen LogP contribution < -0.4 is 15.0 Å². The molecular weight excluding hydrogens is 446 g/mol. The van der Waals surface area contributed by atoms with Crippen molar-refractivity contribution in [3.05, 3.63) is 43.1 Å². The van der Waals surface area contributed by atoms with Gasteiger partial charge < -0.3 is 24.7 Å². The summed E-state index contributed by atoms with van der Waals surface area (Å²) in [6.45, 7) is 2.98. The van der Waals surface area contributed by atoms with Crippen molar-refractivity contribution >= 4 is 22.7 Å². The van der Waals surface area contributed by atoms with E-state index in [4.69, 9.17) is 19.4 Å². The number of rotatable bonds is 6. The van der Waals surface area contributed by atoms with Crippen LogP contribution >= 0.6 is 0 Å². The molecule has 1 saturated carbocycles. The van der Waals surface area contributed by atoms with E-state index in [1.165, 1.54) is 0 Å². The molecule has 0 radical (unpaired) electrons. The van der Waals surface area contributed by atoms with E-state index in [0.717, 1.165) is 61.1 Å². The van der Waals surface area contributed by atoms with Crippen molar-refractivity contribution in [2.75, 3.05) is 36.5 Å². The minimum atomic E-state index is 0.0781. The lowest BCUT2D eigenvalue weighted by molar-refractivity contribution is 0.122. The number of H-pyrrole nitrogens is 1. The number of morpholine rings is 1. The van der Waals surface area contributed by atoms with Gasteiger partial charge in [-0.3, -0.25) is 4.98 Å². The van der Waals surface area contributed by atoms with Gasteiger partial charge in [-0.15, -0.1) is 10.2 Å². The highest BCUT2D eigenvalue weighted by Gasteiger charge is 2.25. The van der Waals surface area contributed by atoms with Crippen LogP contribution in [0.25, 0.3) is 22.3 Å². The first-order valence-corrected chi connectivity index (χ1v) is 12.0.